The van der Waals surface area contributed by atoms with Crippen molar-refractivity contribution < 1.29 is 0 Å². The monoisotopic (exact) mass is 267 g/mol. The molecule has 1 saturated carbocycles. The average Bonchev–Trinajstić information content (AvgIpc) is 2.34. The van der Waals surface area contributed by atoms with Crippen LogP contribution in [-0.2, 0) is 0 Å². The second kappa shape index (κ2) is 7.11. The molecule has 1 N–H and O–H groups in total. The molecule has 1 rings (SSSR count). The van der Waals surface area contributed by atoms with Gasteiger partial charge in [-0.05, 0) is 48.9 Å². The van der Waals surface area contributed by atoms with E-state index >= 15 is 0 Å². The summed E-state index contributed by atoms with van der Waals surface area (Å²) in [4.78, 5) is 0. The number of unbranched alkanes of at least 4 members (excludes halogenated alkanes) is 1. The molecule has 0 heterocycles. The Kier molecular flexibility index (Phi) is 6.36. The van der Waals surface area contributed by atoms with Crippen LogP contribution in [0.2, 0.25) is 0 Å². The van der Waals surface area contributed by atoms with Crippen LogP contribution in [0, 0.1) is 16.7 Å². The Hall–Kier alpha value is -0.0400. The highest BCUT2D eigenvalue weighted by Crippen LogP contribution is 2.47. The first-order valence-electron chi connectivity index (χ1n) is 8.52. The summed E-state index contributed by atoms with van der Waals surface area (Å²) < 4.78 is 0. The molecule has 0 aromatic carbocycles. The van der Waals surface area contributed by atoms with Crippen LogP contribution in [0.5, 0.6) is 0 Å². The molecule has 0 unspecified atom stereocenters. The second-order valence-electron chi connectivity index (χ2n) is 8.28. The molecule has 1 fully saturated rings. The maximum atomic E-state index is 3.72. The highest BCUT2D eigenvalue weighted by Gasteiger charge is 2.38. The standard InChI is InChI=1S/C18H37N/c1-7-8-11-18(14-19-15(2)3)12-9-16(10-13-18)17(4,5)6/h15-16,19H,7-14H2,1-6H3. The highest BCUT2D eigenvalue weighted by molar-refractivity contribution is 4.90. The van der Waals surface area contributed by atoms with Gasteiger partial charge < -0.3 is 5.32 Å². The van der Waals surface area contributed by atoms with Gasteiger partial charge in [0.25, 0.3) is 0 Å². The van der Waals surface area contributed by atoms with Gasteiger partial charge in [-0.25, -0.2) is 0 Å². The maximum Gasteiger partial charge on any atom is 0.00106 e. The Morgan fingerprint density at radius 3 is 2.16 bits per heavy atom. The molecular weight excluding hydrogens is 230 g/mol. The maximum absolute atomic E-state index is 3.72. The normalized spacial score (nSPS) is 28.9. The van der Waals surface area contributed by atoms with Crippen LogP contribution < -0.4 is 5.32 Å². The molecule has 1 heteroatoms. The van der Waals surface area contributed by atoms with Crippen LogP contribution in [0.1, 0.15) is 86.5 Å². The van der Waals surface area contributed by atoms with Gasteiger partial charge in [0, 0.05) is 12.6 Å². The molecule has 1 aliphatic rings. The summed E-state index contributed by atoms with van der Waals surface area (Å²) in [7, 11) is 0. The Bertz CT molecular complexity index is 241. The van der Waals surface area contributed by atoms with Gasteiger partial charge in [0.1, 0.15) is 0 Å². The van der Waals surface area contributed by atoms with Crippen LogP contribution in [0.3, 0.4) is 0 Å². The zero-order valence-corrected chi connectivity index (χ0v) is 14.3. The summed E-state index contributed by atoms with van der Waals surface area (Å²) in [6, 6.07) is 0.624. The molecule has 0 aromatic rings. The molecule has 0 spiro atoms. The molecule has 0 saturated heterocycles. The molecule has 1 nitrogen and oxygen atoms in total. The minimum absolute atomic E-state index is 0.502. The van der Waals surface area contributed by atoms with Gasteiger partial charge in [-0.3, -0.25) is 0 Å². The van der Waals surface area contributed by atoms with E-state index in [2.05, 4.69) is 46.9 Å². The Morgan fingerprint density at radius 1 is 1.16 bits per heavy atom. The molecule has 0 bridgehead atoms. The quantitative estimate of drug-likeness (QED) is 0.679. The number of rotatable bonds is 6. The lowest BCUT2D eigenvalue weighted by Gasteiger charge is -2.45. The topological polar surface area (TPSA) is 12.0 Å². The van der Waals surface area contributed by atoms with Crippen LogP contribution in [0.25, 0.3) is 0 Å². The zero-order chi connectivity index (χ0) is 14.5. The summed E-state index contributed by atoms with van der Waals surface area (Å²) in [5.41, 5.74) is 1.10. The lowest BCUT2D eigenvalue weighted by Crippen LogP contribution is -2.41. The smallest absolute Gasteiger partial charge is 0.00106 e. The van der Waals surface area contributed by atoms with Gasteiger partial charge in [-0.1, -0.05) is 54.4 Å². The van der Waals surface area contributed by atoms with Crippen molar-refractivity contribution in [2.45, 2.75) is 92.5 Å². The molecule has 0 aliphatic heterocycles. The van der Waals surface area contributed by atoms with Crippen LogP contribution in [0.4, 0.5) is 0 Å². The van der Waals surface area contributed by atoms with Crippen LogP contribution in [-0.4, -0.2) is 12.6 Å². The van der Waals surface area contributed by atoms with E-state index in [1.54, 1.807) is 0 Å². The van der Waals surface area contributed by atoms with Crippen LogP contribution >= 0.6 is 0 Å². The van der Waals surface area contributed by atoms with Gasteiger partial charge in [0.15, 0.2) is 0 Å². The fraction of sp³-hybridized carbons (Fsp3) is 1.00. The summed E-state index contributed by atoms with van der Waals surface area (Å²) in [5, 5.41) is 3.72. The van der Waals surface area contributed by atoms with Crippen molar-refractivity contribution >= 4 is 0 Å². The van der Waals surface area contributed by atoms with E-state index < -0.39 is 0 Å². The van der Waals surface area contributed by atoms with Crippen molar-refractivity contribution in [3.63, 3.8) is 0 Å². The SMILES string of the molecule is CCCCC1(CNC(C)C)CCC(C(C)(C)C)CC1. The van der Waals surface area contributed by atoms with E-state index in [1.807, 2.05) is 0 Å². The van der Waals surface area contributed by atoms with Crippen molar-refractivity contribution in [1.82, 2.24) is 5.32 Å². The highest BCUT2D eigenvalue weighted by atomic mass is 14.9. The molecule has 0 atom stereocenters. The zero-order valence-electron chi connectivity index (χ0n) is 14.3. The predicted molar refractivity (Wildman–Crippen MR) is 86.5 cm³/mol. The summed E-state index contributed by atoms with van der Waals surface area (Å²) in [5.74, 6) is 0.932. The van der Waals surface area contributed by atoms with Gasteiger partial charge in [-0.2, -0.15) is 0 Å². The van der Waals surface area contributed by atoms with Gasteiger partial charge >= 0.3 is 0 Å². The number of hydrogen-bond acceptors (Lipinski definition) is 1. The average molecular weight is 268 g/mol. The molecule has 0 radical (unpaired) electrons. The largest absolute Gasteiger partial charge is 0.314 e. The first kappa shape index (κ1) is 17.0. The summed E-state index contributed by atoms with van der Waals surface area (Å²) in [6.07, 6.45) is 9.93. The summed E-state index contributed by atoms with van der Waals surface area (Å²) >= 11 is 0. The summed E-state index contributed by atoms with van der Waals surface area (Å²) in [6.45, 7) is 15.4. The molecule has 0 amide bonds. The Balaban J connectivity index is 2.58. The third kappa shape index (κ3) is 5.45. The minimum Gasteiger partial charge on any atom is -0.314 e. The molecule has 0 aromatic heterocycles. The van der Waals surface area contributed by atoms with Crippen molar-refractivity contribution in [2.24, 2.45) is 16.7 Å². The van der Waals surface area contributed by atoms with E-state index in [0.717, 1.165) is 5.92 Å². The van der Waals surface area contributed by atoms with Gasteiger partial charge in [0.05, 0.1) is 0 Å². The second-order valence-corrected chi connectivity index (χ2v) is 8.28. The van der Waals surface area contributed by atoms with E-state index in [0.29, 0.717) is 16.9 Å². The van der Waals surface area contributed by atoms with E-state index in [4.69, 9.17) is 0 Å². The lowest BCUT2D eigenvalue weighted by molar-refractivity contribution is 0.0764. The first-order valence-corrected chi connectivity index (χ1v) is 8.52. The number of hydrogen-bond donors (Lipinski definition) is 1. The Labute approximate surface area is 121 Å². The molecule has 1 aliphatic carbocycles. The van der Waals surface area contributed by atoms with Crippen LogP contribution in [0.15, 0.2) is 0 Å². The number of nitrogens with one attached hydrogen (secondary N) is 1. The van der Waals surface area contributed by atoms with E-state index in [9.17, 15) is 0 Å². The van der Waals surface area contributed by atoms with E-state index in [1.165, 1.54) is 51.5 Å². The van der Waals surface area contributed by atoms with Crippen molar-refractivity contribution in [3.05, 3.63) is 0 Å². The van der Waals surface area contributed by atoms with Crippen molar-refractivity contribution in [2.75, 3.05) is 6.54 Å². The minimum atomic E-state index is 0.502. The van der Waals surface area contributed by atoms with E-state index in [-0.39, 0.29) is 0 Å². The first-order chi connectivity index (χ1) is 8.79. The fourth-order valence-corrected chi connectivity index (χ4v) is 3.58. The van der Waals surface area contributed by atoms with Gasteiger partial charge in [-0.15, -0.1) is 0 Å². The third-order valence-corrected chi connectivity index (χ3v) is 5.22. The third-order valence-electron chi connectivity index (χ3n) is 5.22. The fourth-order valence-electron chi connectivity index (χ4n) is 3.58. The molecule has 19 heavy (non-hydrogen) atoms. The predicted octanol–water partition coefficient (Wildman–Crippen LogP) is 5.40. The van der Waals surface area contributed by atoms with Crippen molar-refractivity contribution in [1.29, 1.82) is 0 Å². The molecule has 114 valence electrons. The van der Waals surface area contributed by atoms with Gasteiger partial charge in [0.2, 0.25) is 0 Å². The Morgan fingerprint density at radius 2 is 1.74 bits per heavy atom. The van der Waals surface area contributed by atoms with Crippen molar-refractivity contribution in [3.8, 4) is 0 Å². The molecular formula is C18H37N. The lowest BCUT2D eigenvalue weighted by atomic mass is 9.62.